The van der Waals surface area contributed by atoms with Crippen molar-refractivity contribution in [2.75, 3.05) is 17.7 Å². The third-order valence-electron chi connectivity index (χ3n) is 4.96. The fraction of sp³-hybridized carbons (Fsp3) is 0.333. The van der Waals surface area contributed by atoms with E-state index in [2.05, 4.69) is 31.0 Å². The Kier molecular flexibility index (Phi) is 5.53. The molecule has 0 aromatic carbocycles. The molecule has 1 fully saturated rings. The van der Waals surface area contributed by atoms with Crippen molar-refractivity contribution in [3.63, 3.8) is 0 Å². The van der Waals surface area contributed by atoms with E-state index in [0.29, 0.717) is 40.8 Å². The molecule has 1 aliphatic rings. The van der Waals surface area contributed by atoms with Crippen molar-refractivity contribution in [3.05, 3.63) is 36.2 Å². The van der Waals surface area contributed by atoms with Gasteiger partial charge in [-0.05, 0) is 25.0 Å². The first-order valence-electron chi connectivity index (χ1n) is 10.2. The molecule has 10 nitrogen and oxygen atoms in total. The number of hydrogen-bond acceptors (Lipinski definition) is 8. The molecule has 31 heavy (non-hydrogen) atoms. The van der Waals surface area contributed by atoms with E-state index in [9.17, 15) is 9.90 Å². The van der Waals surface area contributed by atoms with Gasteiger partial charge in [-0.25, -0.2) is 9.97 Å². The Hall–Kier alpha value is -3.21. The minimum Gasteiger partial charge on any atom is -0.497 e. The number of aromatic nitrogens is 4. The van der Waals surface area contributed by atoms with Crippen LogP contribution in [0.4, 0.5) is 17.3 Å². The monoisotopic (exact) mass is 419 g/mol. The van der Waals surface area contributed by atoms with Crippen LogP contribution in [0.2, 0.25) is 0 Å². The minimum absolute atomic E-state index is 0.236. The third-order valence-corrected chi connectivity index (χ3v) is 4.96. The van der Waals surface area contributed by atoms with Crippen LogP contribution in [-0.4, -0.2) is 78.6 Å². The summed E-state index contributed by atoms with van der Waals surface area (Å²) in [5, 5.41) is 22.8. The van der Waals surface area contributed by atoms with Crippen LogP contribution < -0.4 is 20.7 Å². The lowest BCUT2D eigenvalue weighted by molar-refractivity contribution is 0.0448. The third kappa shape index (κ3) is 4.46. The summed E-state index contributed by atoms with van der Waals surface area (Å²) < 4.78 is 7.51. The van der Waals surface area contributed by atoms with Crippen LogP contribution in [0.15, 0.2) is 30.6 Å². The largest absolute Gasteiger partial charge is 0.497 e. The molecule has 0 bridgehead atoms. The fourth-order valence-corrected chi connectivity index (χ4v) is 3.26. The van der Waals surface area contributed by atoms with Gasteiger partial charge >= 0.3 is 0 Å². The molecule has 0 radical (unpaired) electrons. The summed E-state index contributed by atoms with van der Waals surface area (Å²) in [6, 6.07) is 5.20. The first kappa shape index (κ1) is 21.0. The lowest BCUT2D eigenvalue weighted by Crippen LogP contribution is -2.50. The first-order valence-corrected chi connectivity index (χ1v) is 10.2. The molecule has 0 saturated heterocycles. The highest BCUT2D eigenvalue weighted by atomic mass is 16.5. The maximum absolute atomic E-state index is 12.8. The summed E-state index contributed by atoms with van der Waals surface area (Å²) in [4.78, 5) is 21.7. The Morgan fingerprint density at radius 3 is 2.81 bits per heavy atom. The highest BCUT2D eigenvalue weighted by molar-refractivity contribution is 6.58. The number of pyridine rings is 1. The van der Waals surface area contributed by atoms with Gasteiger partial charge in [0, 0.05) is 24.6 Å². The molecule has 0 spiro atoms. The number of rotatable bonds is 7. The Morgan fingerprint density at radius 1 is 1.35 bits per heavy atom. The Morgan fingerprint density at radius 2 is 2.16 bits per heavy atom. The summed E-state index contributed by atoms with van der Waals surface area (Å²) in [6.45, 7) is 0. The summed E-state index contributed by atoms with van der Waals surface area (Å²) in [6.07, 6.45) is 4.09. The molecule has 1 amide bonds. The maximum Gasteiger partial charge on any atom is 0.257 e. The predicted molar refractivity (Wildman–Crippen MR) is 126 cm³/mol. The van der Waals surface area contributed by atoms with Crippen molar-refractivity contribution in [2.45, 2.75) is 30.3 Å². The average molecular weight is 419 g/mol. The van der Waals surface area contributed by atoms with Gasteiger partial charge in [-0.15, -0.1) is 0 Å². The van der Waals surface area contributed by atoms with Crippen LogP contribution in [0.1, 0.15) is 23.2 Å². The highest BCUT2D eigenvalue weighted by Gasteiger charge is 2.31. The van der Waals surface area contributed by atoms with Crippen LogP contribution in [0.25, 0.3) is 5.65 Å². The van der Waals surface area contributed by atoms with Gasteiger partial charge in [-0.3, -0.25) is 4.79 Å². The van der Waals surface area contributed by atoms with E-state index >= 15 is 0 Å². The molecule has 0 unspecified atom stereocenters. The van der Waals surface area contributed by atoms with Crippen LogP contribution in [0.5, 0.6) is 5.88 Å². The van der Waals surface area contributed by atoms with Crippen LogP contribution in [-0.2, 0) is 0 Å². The molecule has 3 aromatic rings. The van der Waals surface area contributed by atoms with E-state index in [1.165, 1.54) is 6.20 Å². The number of nitrogens with one attached hydrogen (secondary N) is 3. The Balaban J connectivity index is 1.67. The molecule has 1 saturated carbocycles. The minimum atomic E-state index is -0.504. The van der Waals surface area contributed by atoms with Crippen molar-refractivity contribution in [1.82, 2.24) is 24.9 Å². The number of carbonyl (C=O) groups is 1. The van der Waals surface area contributed by atoms with E-state index in [4.69, 9.17) is 4.74 Å². The van der Waals surface area contributed by atoms with Crippen molar-refractivity contribution in [1.29, 1.82) is 0 Å². The number of nitrogens with zero attached hydrogens (tertiary/aromatic N) is 4. The van der Waals surface area contributed by atoms with Crippen molar-refractivity contribution < 1.29 is 14.6 Å². The van der Waals surface area contributed by atoms with E-state index in [0.717, 1.165) is 6.42 Å². The maximum atomic E-state index is 12.8. The zero-order chi connectivity index (χ0) is 22.2. The second-order valence-corrected chi connectivity index (χ2v) is 8.49. The molecule has 4 N–H and O–H groups in total. The average Bonchev–Trinajstić information content (AvgIpc) is 3.14. The van der Waals surface area contributed by atoms with Crippen LogP contribution in [0, 0.1) is 0 Å². The fourth-order valence-electron chi connectivity index (χ4n) is 3.26. The molecule has 1 aliphatic carbocycles. The molecular formula is C18H24B3N7O3. The zero-order valence-electron chi connectivity index (χ0n) is 18.0. The summed E-state index contributed by atoms with van der Waals surface area (Å²) in [5.74, 6) is 1.29. The Labute approximate surface area is 182 Å². The number of aliphatic hydroxyl groups is 1. The van der Waals surface area contributed by atoms with Gasteiger partial charge in [-0.1, -0.05) is 0 Å². The van der Waals surface area contributed by atoms with Crippen molar-refractivity contribution >= 4 is 52.4 Å². The van der Waals surface area contributed by atoms with Gasteiger partial charge < -0.3 is 25.8 Å². The highest BCUT2D eigenvalue weighted by Crippen LogP contribution is 2.28. The lowest BCUT2D eigenvalue weighted by Gasteiger charge is -2.32. The van der Waals surface area contributed by atoms with Crippen LogP contribution >= 0.6 is 0 Å². The number of hydrogen-bond donors (Lipinski definition) is 4. The van der Waals surface area contributed by atoms with Crippen molar-refractivity contribution in [2.24, 2.45) is 0 Å². The lowest BCUT2D eigenvalue weighted by atomic mass is 9.52. The number of fused-ring (bicyclic) bond motifs is 1. The van der Waals surface area contributed by atoms with Gasteiger partial charge in [0.2, 0.25) is 5.88 Å². The first-order chi connectivity index (χ1) is 14.7. The molecule has 13 heteroatoms. The number of ether oxygens (including phenoxy) is 1. The second kappa shape index (κ2) is 8.14. The summed E-state index contributed by atoms with van der Waals surface area (Å²) >= 11 is 0. The molecule has 0 aliphatic heterocycles. The van der Waals surface area contributed by atoms with Gasteiger partial charge in [-0.2, -0.15) is 9.61 Å². The second-order valence-electron chi connectivity index (χ2n) is 8.49. The summed E-state index contributed by atoms with van der Waals surface area (Å²) in [5.41, 5.74) is 1.37. The van der Waals surface area contributed by atoms with Gasteiger partial charge in [0.25, 0.3) is 5.91 Å². The zero-order valence-corrected chi connectivity index (χ0v) is 18.0. The number of aliphatic hydroxyl groups excluding tert-OH is 1. The van der Waals surface area contributed by atoms with Crippen molar-refractivity contribution in [3.8, 4) is 5.88 Å². The molecular weight excluding hydrogens is 395 g/mol. The van der Waals surface area contributed by atoms with Gasteiger partial charge in [0.15, 0.2) is 5.65 Å². The molecule has 3 aromatic heterocycles. The Bertz CT molecular complexity index is 1120. The standard InChI is InChI=1S/C18H24B3N7O3/c1-22-14-7-13(25-11-3-2-6-23-17(11)31-18(19,20)21)27-15-9(8-24-28(14)15)16(30)26-10-4-5-12(10)29/h2-3,6-8,10,12,22,29H,4-5,19-21H2,1H3,(H,25,27)(H,26,30)/t10-,12-/m1/s1. The van der Waals surface area contributed by atoms with E-state index in [-0.39, 0.29) is 11.9 Å². The summed E-state index contributed by atoms with van der Waals surface area (Å²) in [7, 11) is 7.62. The van der Waals surface area contributed by atoms with Crippen LogP contribution in [0.3, 0.4) is 0 Å². The quantitative estimate of drug-likeness (QED) is 0.326. The number of amides is 1. The molecule has 158 valence electrons. The molecule has 4 rings (SSSR count). The predicted octanol–water partition coefficient (Wildman–Crippen LogP) is -1.95. The van der Waals surface area contributed by atoms with E-state index in [1.807, 2.05) is 29.6 Å². The van der Waals surface area contributed by atoms with E-state index in [1.54, 1.807) is 29.9 Å². The van der Waals surface area contributed by atoms with E-state index < -0.39 is 11.4 Å². The number of anilines is 3. The molecule has 3 heterocycles. The SMILES string of the molecule is BC(B)(B)Oc1ncccc1Nc1cc(NC)n2ncc(C(=O)N[C@@H]3CC[C@H]3O)c2n1. The smallest absolute Gasteiger partial charge is 0.257 e. The van der Waals surface area contributed by atoms with Gasteiger partial charge in [0.05, 0.1) is 18.3 Å². The van der Waals surface area contributed by atoms with Gasteiger partial charge in [0.1, 0.15) is 46.4 Å². The molecule has 2 atom stereocenters. The normalized spacial score (nSPS) is 18.3. The number of carbonyl (C=O) groups excluding carboxylic acids is 1. The topological polar surface area (TPSA) is 126 Å².